The first-order valence-corrected chi connectivity index (χ1v) is 26.8. The fourth-order valence-electron chi connectivity index (χ4n) is 8.03. The van der Waals surface area contributed by atoms with Gasteiger partial charge in [0.05, 0.1) is 55.4 Å². The first kappa shape index (κ1) is 55.9. The molecule has 14 nitrogen and oxygen atoms in total. The van der Waals surface area contributed by atoms with E-state index in [1.54, 1.807) is 49.4 Å². The molecule has 20 heteroatoms. The van der Waals surface area contributed by atoms with E-state index in [4.69, 9.17) is 32.4 Å². The summed E-state index contributed by atoms with van der Waals surface area (Å²) in [6, 6.07) is 17.5. The minimum absolute atomic E-state index is 0.0554. The number of imidazole rings is 1. The summed E-state index contributed by atoms with van der Waals surface area (Å²) < 4.78 is 55.9. The topological polar surface area (TPSA) is 167 Å². The molecule has 2 heterocycles. The van der Waals surface area contributed by atoms with E-state index in [0.717, 1.165) is 17.1 Å². The fourth-order valence-corrected chi connectivity index (χ4v) is 9.33. The molecule has 0 aliphatic carbocycles. The molecule has 0 radical (unpaired) electrons. The van der Waals surface area contributed by atoms with Crippen molar-refractivity contribution in [1.29, 1.82) is 0 Å². The maximum absolute atomic E-state index is 14.7. The Bertz CT molecular complexity index is 2450. The number of amides is 3. The van der Waals surface area contributed by atoms with Gasteiger partial charge in [-0.15, -0.1) is 0 Å². The van der Waals surface area contributed by atoms with Gasteiger partial charge >= 0.3 is 12.1 Å². The second kappa shape index (κ2) is 23.5. The van der Waals surface area contributed by atoms with Crippen LogP contribution in [-0.4, -0.2) is 114 Å². The largest absolute Gasteiger partial charge is 0.481 e. The number of ether oxygens (including phenoxy) is 1. The summed E-state index contributed by atoms with van der Waals surface area (Å²) in [5.41, 5.74) is 2.09. The lowest BCUT2D eigenvalue weighted by molar-refractivity contribution is -0.164. The van der Waals surface area contributed by atoms with Gasteiger partial charge in [0.1, 0.15) is 23.4 Å². The minimum atomic E-state index is -4.79. The quantitative estimate of drug-likeness (QED) is 0.0592. The van der Waals surface area contributed by atoms with Crippen molar-refractivity contribution in [2.45, 2.75) is 115 Å². The standard InChI is InChI=1S/C50H66Cl2F3N7O7Si/c1-32(56-27-35-13-18-38(52)24-42(35)69-39-19-14-34(15-20-39)41-28-57-43(61(41)7)29-60(5)6)45(65)58-40(30-68-70(8,9)48(2,3)4)46(66)59-49(25-33-11-16-37(51)17-12-33)21-10-22-62(31-49)47(67)36(23-44(63)64)26-50(53,54)55/h11-20,24,28,32,36,40,56H,10,21-23,25-27,29-31H2,1-9H3,(H,58,65)(H,59,66)(H,63,64)/t32?,36?,40?,49-/m1/s1. The van der Waals surface area contributed by atoms with Gasteiger partial charge in [-0.3, -0.25) is 19.2 Å². The molecule has 3 unspecified atom stereocenters. The number of carbonyl (C=O) groups excluding carboxylic acids is 3. The van der Waals surface area contributed by atoms with E-state index in [1.165, 1.54) is 4.90 Å². The predicted octanol–water partition coefficient (Wildman–Crippen LogP) is 9.00. The fraction of sp³-hybridized carbons (Fsp3) is 0.500. The summed E-state index contributed by atoms with van der Waals surface area (Å²) in [7, 11) is 3.44. The zero-order chi connectivity index (χ0) is 51.8. The van der Waals surface area contributed by atoms with Gasteiger partial charge < -0.3 is 44.6 Å². The number of hydrogen-bond donors (Lipinski definition) is 4. The zero-order valence-electron chi connectivity index (χ0n) is 41.3. The van der Waals surface area contributed by atoms with Crippen LogP contribution in [0.4, 0.5) is 13.2 Å². The molecular weight excluding hydrogens is 967 g/mol. The Kier molecular flexibility index (Phi) is 18.8. The lowest BCUT2D eigenvalue weighted by Crippen LogP contribution is -2.65. The monoisotopic (exact) mass is 1030 g/mol. The van der Waals surface area contributed by atoms with Gasteiger partial charge in [-0.2, -0.15) is 13.2 Å². The van der Waals surface area contributed by atoms with E-state index in [-0.39, 0.29) is 44.1 Å². The van der Waals surface area contributed by atoms with Crippen LogP contribution in [0.5, 0.6) is 11.5 Å². The summed E-state index contributed by atoms with van der Waals surface area (Å²) in [4.78, 5) is 62.1. The maximum atomic E-state index is 14.7. The molecule has 1 fully saturated rings. The van der Waals surface area contributed by atoms with E-state index in [1.807, 2.05) is 90.0 Å². The summed E-state index contributed by atoms with van der Waals surface area (Å²) in [6.45, 7) is 12.3. The number of piperidine rings is 1. The number of aliphatic carboxylic acids is 1. The van der Waals surface area contributed by atoms with Crippen LogP contribution in [0.1, 0.15) is 70.3 Å². The molecule has 5 rings (SSSR count). The molecule has 3 amide bonds. The third-order valence-electron chi connectivity index (χ3n) is 13.0. The van der Waals surface area contributed by atoms with Gasteiger partial charge in [0, 0.05) is 47.9 Å². The van der Waals surface area contributed by atoms with E-state index >= 15 is 0 Å². The molecule has 1 aliphatic rings. The van der Waals surface area contributed by atoms with Gasteiger partial charge in [0.25, 0.3) is 0 Å². The van der Waals surface area contributed by atoms with Gasteiger partial charge in [-0.25, -0.2) is 4.98 Å². The molecular formula is C50H66Cl2F3N7O7Si. The Morgan fingerprint density at radius 3 is 2.24 bits per heavy atom. The van der Waals surface area contributed by atoms with E-state index in [9.17, 15) is 37.5 Å². The second-order valence-corrected chi connectivity index (χ2v) is 25.7. The molecule has 1 aromatic heterocycles. The van der Waals surface area contributed by atoms with Crippen molar-refractivity contribution >= 4 is 55.2 Å². The van der Waals surface area contributed by atoms with Gasteiger partial charge in [-0.05, 0) is 113 Å². The van der Waals surface area contributed by atoms with Crippen LogP contribution in [-0.2, 0) is 50.2 Å². The number of nitrogens with one attached hydrogen (secondary N) is 3. The molecule has 4 aromatic rings. The Morgan fingerprint density at radius 2 is 1.63 bits per heavy atom. The smallest absolute Gasteiger partial charge is 0.389 e. The minimum Gasteiger partial charge on any atom is -0.481 e. The predicted molar refractivity (Wildman–Crippen MR) is 267 cm³/mol. The molecule has 0 saturated carbocycles. The molecule has 0 bridgehead atoms. The summed E-state index contributed by atoms with van der Waals surface area (Å²) in [5, 5.41) is 19.3. The summed E-state index contributed by atoms with van der Waals surface area (Å²) >= 11 is 12.6. The average molecular weight is 1030 g/mol. The van der Waals surface area contributed by atoms with Gasteiger partial charge in [0.2, 0.25) is 17.7 Å². The highest BCUT2D eigenvalue weighted by Gasteiger charge is 2.45. The van der Waals surface area contributed by atoms with Crippen molar-refractivity contribution in [1.82, 2.24) is 35.3 Å². The van der Waals surface area contributed by atoms with Crippen molar-refractivity contribution in [2.24, 2.45) is 13.0 Å². The number of halogens is 5. The SMILES string of the molecule is CC(NCc1ccc(Cl)cc1Oc1ccc(-c2cnc(CN(C)C)n2C)cc1)C(=O)NC(CO[Si](C)(C)C(C)(C)C)C(=O)N[C@@]1(Cc2ccc(Cl)cc2)CCCN(C(=O)C(CC(=O)O)CC(F)(F)F)C1. The molecule has 1 aliphatic heterocycles. The number of carboxylic acid groups (broad SMARTS) is 1. The number of likely N-dealkylation sites (tertiary alicyclic amines) is 1. The molecule has 70 heavy (non-hydrogen) atoms. The second-order valence-electron chi connectivity index (χ2n) is 20.0. The van der Waals surface area contributed by atoms with Gasteiger partial charge in [0.15, 0.2) is 8.32 Å². The summed E-state index contributed by atoms with van der Waals surface area (Å²) in [5.74, 6) is -3.56. The van der Waals surface area contributed by atoms with Crippen LogP contribution in [0.3, 0.4) is 0 Å². The number of hydrogen-bond acceptors (Lipinski definition) is 9. The van der Waals surface area contributed by atoms with Crippen LogP contribution in [0.15, 0.2) is 72.9 Å². The van der Waals surface area contributed by atoms with Crippen molar-refractivity contribution in [3.8, 4) is 22.8 Å². The van der Waals surface area contributed by atoms with Gasteiger partial charge in [-0.1, -0.05) is 62.2 Å². The van der Waals surface area contributed by atoms with Crippen LogP contribution in [0.2, 0.25) is 28.2 Å². The van der Waals surface area contributed by atoms with Crippen LogP contribution in [0.25, 0.3) is 11.3 Å². The Morgan fingerprint density at radius 1 is 0.971 bits per heavy atom. The van der Waals surface area contributed by atoms with Crippen LogP contribution < -0.4 is 20.7 Å². The molecule has 0 spiro atoms. The maximum Gasteiger partial charge on any atom is 0.389 e. The lowest BCUT2D eigenvalue weighted by atomic mass is 9.82. The highest BCUT2D eigenvalue weighted by Crippen LogP contribution is 2.37. The zero-order valence-corrected chi connectivity index (χ0v) is 43.8. The van der Waals surface area contributed by atoms with E-state index in [0.29, 0.717) is 45.6 Å². The number of rotatable bonds is 21. The average Bonchev–Trinajstić information content (AvgIpc) is 3.62. The van der Waals surface area contributed by atoms with Crippen LogP contribution in [0, 0.1) is 5.92 Å². The molecule has 3 aromatic carbocycles. The van der Waals surface area contributed by atoms with E-state index in [2.05, 4.69) is 25.8 Å². The lowest BCUT2D eigenvalue weighted by Gasteiger charge is -2.45. The number of benzene rings is 3. The third kappa shape index (κ3) is 15.8. The number of aromatic nitrogens is 2. The molecule has 4 N–H and O–H groups in total. The number of nitrogens with zero attached hydrogens (tertiary/aromatic N) is 4. The highest BCUT2D eigenvalue weighted by atomic mass is 35.5. The Labute approximate surface area is 419 Å². The first-order chi connectivity index (χ1) is 32.6. The van der Waals surface area contributed by atoms with Crippen LogP contribution >= 0.6 is 23.2 Å². The van der Waals surface area contributed by atoms with Crippen molar-refractivity contribution < 1.29 is 46.6 Å². The Balaban J connectivity index is 1.35. The van der Waals surface area contributed by atoms with Crippen molar-refractivity contribution in [3.05, 3.63) is 99.9 Å². The molecule has 1 saturated heterocycles. The number of carbonyl (C=O) groups is 4. The van der Waals surface area contributed by atoms with Crippen molar-refractivity contribution in [2.75, 3.05) is 33.8 Å². The van der Waals surface area contributed by atoms with E-state index < -0.39 is 74.6 Å². The highest BCUT2D eigenvalue weighted by molar-refractivity contribution is 6.74. The third-order valence-corrected chi connectivity index (χ3v) is 18.0. The number of alkyl halides is 3. The first-order valence-electron chi connectivity index (χ1n) is 23.2. The normalized spacial score (nSPS) is 16.9. The van der Waals surface area contributed by atoms with Crippen molar-refractivity contribution in [3.63, 3.8) is 0 Å². The molecule has 4 atom stereocenters. The Hall–Kier alpha value is -4.98. The number of carboxylic acids is 1. The summed E-state index contributed by atoms with van der Waals surface area (Å²) in [6.07, 6.45) is -4.83. The molecule has 382 valence electrons.